The molecule has 3 amide bonds. The van der Waals surface area contributed by atoms with Gasteiger partial charge in [-0.25, -0.2) is 4.79 Å². The van der Waals surface area contributed by atoms with Crippen LogP contribution in [0.1, 0.15) is 30.9 Å². The average Bonchev–Trinajstić information content (AvgIpc) is 3.32. The summed E-state index contributed by atoms with van der Waals surface area (Å²) in [5, 5.41) is 18.6. The van der Waals surface area contributed by atoms with Crippen molar-refractivity contribution in [2.75, 3.05) is 6.54 Å². The Morgan fingerprint density at radius 3 is 2.20 bits per heavy atom. The molecule has 1 aromatic heterocycles. The standard InChI is InChI=1S/C28H35N7O5/c1-17(36)33-23(14-18-8-3-2-4-9-18)26(38)34-22(12-7-13-31-28(29)30)25(37)35-24(27(39)40)15-19-16-32-21-11-6-5-10-20(19)21/h2-6,8-11,16,22-24,32H,7,12-15H2,1H3,(H,33,36)(H,34,38)(H,35,37)(H,39,40)(H4,29,30,31)/t22-,23+,24+/m0/s1. The van der Waals surface area contributed by atoms with Gasteiger partial charge < -0.3 is 37.5 Å². The Kier molecular flexibility index (Phi) is 10.6. The number of carboxylic acids is 1. The highest BCUT2D eigenvalue weighted by Gasteiger charge is 2.29. The fourth-order valence-electron chi connectivity index (χ4n) is 4.34. The smallest absolute Gasteiger partial charge is 0.326 e. The molecule has 0 unspecified atom stereocenters. The first-order valence-electron chi connectivity index (χ1n) is 12.9. The first kappa shape index (κ1) is 29.7. The van der Waals surface area contributed by atoms with Gasteiger partial charge in [0.2, 0.25) is 17.7 Å². The lowest BCUT2D eigenvalue weighted by molar-refractivity contribution is -0.142. The van der Waals surface area contributed by atoms with Gasteiger partial charge in [-0.2, -0.15) is 0 Å². The Morgan fingerprint density at radius 1 is 0.875 bits per heavy atom. The summed E-state index contributed by atoms with van der Waals surface area (Å²) in [6, 6.07) is 13.3. The lowest BCUT2D eigenvalue weighted by Crippen LogP contribution is -2.56. The highest BCUT2D eigenvalue weighted by molar-refractivity contribution is 5.93. The van der Waals surface area contributed by atoms with Crippen molar-refractivity contribution in [2.24, 2.45) is 16.5 Å². The highest BCUT2D eigenvalue weighted by atomic mass is 16.4. The number of H-pyrrole nitrogens is 1. The summed E-state index contributed by atoms with van der Waals surface area (Å²) in [4.78, 5) is 57.6. The van der Waals surface area contributed by atoms with E-state index in [4.69, 9.17) is 11.5 Å². The Bertz CT molecular complexity index is 1350. The molecule has 212 valence electrons. The van der Waals surface area contributed by atoms with E-state index in [9.17, 15) is 24.3 Å². The number of rotatable bonds is 14. The molecule has 12 heteroatoms. The maximum atomic E-state index is 13.3. The first-order chi connectivity index (χ1) is 19.1. The number of guanidine groups is 1. The van der Waals surface area contributed by atoms with Crippen LogP contribution in [0.3, 0.4) is 0 Å². The molecule has 0 fully saturated rings. The van der Waals surface area contributed by atoms with Crippen molar-refractivity contribution in [3.63, 3.8) is 0 Å². The number of nitrogens with zero attached hydrogens (tertiary/aromatic N) is 1. The maximum absolute atomic E-state index is 13.3. The number of aliphatic imine (C=N–C) groups is 1. The molecule has 9 N–H and O–H groups in total. The van der Waals surface area contributed by atoms with Crippen LogP contribution in [0.2, 0.25) is 0 Å². The average molecular weight is 550 g/mol. The molecule has 1 heterocycles. The Balaban J connectivity index is 1.77. The molecule has 0 aliphatic carbocycles. The van der Waals surface area contributed by atoms with Gasteiger partial charge in [0.05, 0.1) is 0 Å². The van der Waals surface area contributed by atoms with Crippen molar-refractivity contribution in [1.29, 1.82) is 0 Å². The normalized spacial score (nSPS) is 13.0. The number of aromatic amines is 1. The van der Waals surface area contributed by atoms with Gasteiger partial charge in [0.25, 0.3) is 0 Å². The van der Waals surface area contributed by atoms with E-state index in [1.54, 1.807) is 6.20 Å². The molecule has 0 aliphatic rings. The number of para-hydroxylation sites is 1. The summed E-state index contributed by atoms with van der Waals surface area (Å²) >= 11 is 0. The molecule has 0 saturated heterocycles. The van der Waals surface area contributed by atoms with Crippen molar-refractivity contribution < 1.29 is 24.3 Å². The SMILES string of the molecule is CC(=O)N[C@H](Cc1ccccc1)C(=O)N[C@@H](CCCN=C(N)N)C(=O)N[C@H](Cc1c[nH]c2ccccc12)C(=O)O. The van der Waals surface area contributed by atoms with Crippen LogP contribution in [0.4, 0.5) is 0 Å². The van der Waals surface area contributed by atoms with Crippen LogP contribution in [-0.4, -0.2) is 64.4 Å². The van der Waals surface area contributed by atoms with Gasteiger partial charge in [-0.3, -0.25) is 19.4 Å². The third-order valence-electron chi connectivity index (χ3n) is 6.27. The van der Waals surface area contributed by atoms with Crippen molar-refractivity contribution in [1.82, 2.24) is 20.9 Å². The fraction of sp³-hybridized carbons (Fsp3) is 0.321. The van der Waals surface area contributed by atoms with Crippen molar-refractivity contribution in [2.45, 2.75) is 50.7 Å². The lowest BCUT2D eigenvalue weighted by atomic mass is 10.0. The molecule has 40 heavy (non-hydrogen) atoms. The molecule has 3 rings (SSSR count). The molecular weight excluding hydrogens is 514 g/mol. The van der Waals surface area contributed by atoms with Crippen LogP contribution in [0, 0.1) is 0 Å². The van der Waals surface area contributed by atoms with Gasteiger partial charge in [0.1, 0.15) is 18.1 Å². The summed E-state index contributed by atoms with van der Waals surface area (Å²) < 4.78 is 0. The Morgan fingerprint density at radius 2 is 1.52 bits per heavy atom. The van der Waals surface area contributed by atoms with Crippen LogP contribution in [0.15, 0.2) is 65.8 Å². The van der Waals surface area contributed by atoms with E-state index in [2.05, 4.69) is 25.9 Å². The van der Waals surface area contributed by atoms with E-state index < -0.39 is 41.8 Å². The molecule has 3 aromatic rings. The lowest BCUT2D eigenvalue weighted by Gasteiger charge is -2.24. The fourth-order valence-corrected chi connectivity index (χ4v) is 4.34. The van der Waals surface area contributed by atoms with E-state index in [1.165, 1.54) is 6.92 Å². The van der Waals surface area contributed by atoms with Gasteiger partial charge in [-0.1, -0.05) is 48.5 Å². The van der Waals surface area contributed by atoms with Crippen LogP contribution < -0.4 is 27.4 Å². The highest BCUT2D eigenvalue weighted by Crippen LogP contribution is 2.19. The van der Waals surface area contributed by atoms with Crippen LogP contribution in [-0.2, 0) is 32.0 Å². The minimum atomic E-state index is -1.25. The maximum Gasteiger partial charge on any atom is 0.326 e. The molecular formula is C28H35N7O5. The number of hydrogen-bond acceptors (Lipinski definition) is 5. The minimum absolute atomic E-state index is 0.0300. The zero-order chi connectivity index (χ0) is 29.1. The summed E-state index contributed by atoms with van der Waals surface area (Å²) in [7, 11) is 0. The van der Waals surface area contributed by atoms with E-state index in [0.29, 0.717) is 6.42 Å². The predicted octanol–water partition coefficient (Wildman–Crippen LogP) is 0.566. The summed E-state index contributed by atoms with van der Waals surface area (Å²) in [6.07, 6.45) is 2.41. The molecule has 3 atom stereocenters. The molecule has 0 aliphatic heterocycles. The molecule has 0 spiro atoms. The number of nitrogens with two attached hydrogens (primary N) is 2. The number of amides is 3. The largest absolute Gasteiger partial charge is 0.480 e. The van der Waals surface area contributed by atoms with Gasteiger partial charge in [0.15, 0.2) is 5.96 Å². The van der Waals surface area contributed by atoms with Gasteiger partial charge in [-0.05, 0) is 30.0 Å². The quantitative estimate of drug-likeness (QED) is 0.0863. The summed E-state index contributed by atoms with van der Waals surface area (Å²) in [6.45, 7) is 1.51. The Labute approximate surface area is 231 Å². The third kappa shape index (κ3) is 8.86. The van der Waals surface area contributed by atoms with Gasteiger partial charge >= 0.3 is 5.97 Å². The van der Waals surface area contributed by atoms with E-state index in [1.807, 2.05) is 54.6 Å². The second-order valence-electron chi connectivity index (χ2n) is 9.42. The number of carbonyl (C=O) groups is 4. The second kappa shape index (κ2) is 14.3. The van der Waals surface area contributed by atoms with E-state index in [-0.39, 0.29) is 31.8 Å². The number of fused-ring (bicyclic) bond motifs is 1. The topological polar surface area (TPSA) is 205 Å². The van der Waals surface area contributed by atoms with Gasteiger partial charge in [0, 0.05) is 43.4 Å². The first-order valence-corrected chi connectivity index (χ1v) is 12.9. The minimum Gasteiger partial charge on any atom is -0.480 e. The monoisotopic (exact) mass is 549 g/mol. The number of nitrogens with one attached hydrogen (secondary N) is 4. The molecule has 2 aromatic carbocycles. The van der Waals surface area contributed by atoms with Crippen molar-refractivity contribution >= 4 is 40.6 Å². The third-order valence-corrected chi connectivity index (χ3v) is 6.27. The summed E-state index contributed by atoms with van der Waals surface area (Å²) in [5.41, 5.74) is 13.2. The molecule has 0 saturated carbocycles. The zero-order valence-electron chi connectivity index (χ0n) is 22.2. The number of aromatic nitrogens is 1. The van der Waals surface area contributed by atoms with Crippen molar-refractivity contribution in [3.05, 3.63) is 71.9 Å². The predicted molar refractivity (Wildman–Crippen MR) is 151 cm³/mol. The van der Waals surface area contributed by atoms with E-state index in [0.717, 1.165) is 22.0 Å². The number of benzene rings is 2. The molecule has 0 radical (unpaired) electrons. The molecule has 12 nitrogen and oxygen atoms in total. The number of carbonyl (C=O) groups excluding carboxylic acids is 3. The molecule has 0 bridgehead atoms. The summed E-state index contributed by atoms with van der Waals surface area (Å²) in [5.74, 6) is -2.99. The van der Waals surface area contributed by atoms with E-state index >= 15 is 0 Å². The van der Waals surface area contributed by atoms with Crippen molar-refractivity contribution in [3.8, 4) is 0 Å². The zero-order valence-corrected chi connectivity index (χ0v) is 22.2. The van der Waals surface area contributed by atoms with Crippen LogP contribution >= 0.6 is 0 Å². The van der Waals surface area contributed by atoms with Crippen LogP contribution in [0.5, 0.6) is 0 Å². The number of aliphatic carboxylic acids is 1. The van der Waals surface area contributed by atoms with Gasteiger partial charge in [-0.15, -0.1) is 0 Å². The number of carboxylic acid groups (broad SMARTS) is 1. The van der Waals surface area contributed by atoms with Crippen LogP contribution in [0.25, 0.3) is 10.9 Å². The Hall–Kier alpha value is -4.87. The second-order valence-corrected chi connectivity index (χ2v) is 9.42. The number of hydrogen-bond donors (Lipinski definition) is 7.